The lowest BCUT2D eigenvalue weighted by Gasteiger charge is -2.51. The largest absolute Gasteiger partial charge is 0.418 e. The summed E-state index contributed by atoms with van der Waals surface area (Å²) in [6.07, 6.45) is -4.22. The molecule has 4 N–H and O–H groups in total. The molecule has 1 saturated heterocycles. The molecule has 1 heterocycles. The average Bonchev–Trinajstić information content (AvgIpc) is 2.09. The highest BCUT2D eigenvalue weighted by Crippen LogP contribution is 2.45. The van der Waals surface area contributed by atoms with Crippen molar-refractivity contribution in [2.24, 2.45) is 11.7 Å². The fraction of sp³-hybridized carbons (Fsp3) is 1.00. The molecule has 1 rings (SSSR count). The molecule has 18 heavy (non-hydrogen) atoms. The SMILES string of the molecule is CC1(C)CC(C(O)(CN)C(F)(F)F)CC(C)(C)N1. The number of halogens is 3. The number of nitrogens with two attached hydrogens (primary N) is 1. The minimum atomic E-state index is -4.70. The van der Waals surface area contributed by atoms with Crippen LogP contribution in [-0.2, 0) is 0 Å². The zero-order chi connectivity index (χ0) is 14.4. The van der Waals surface area contributed by atoms with Gasteiger partial charge in [0.2, 0.25) is 0 Å². The smallest absolute Gasteiger partial charge is 0.379 e. The third-order valence-electron chi connectivity index (χ3n) is 3.67. The normalized spacial score (nSPS) is 27.8. The summed E-state index contributed by atoms with van der Waals surface area (Å²) in [5.41, 5.74) is 1.49. The van der Waals surface area contributed by atoms with Crippen LogP contribution in [0.4, 0.5) is 13.2 Å². The van der Waals surface area contributed by atoms with Crippen LogP contribution in [0.3, 0.4) is 0 Å². The summed E-state index contributed by atoms with van der Waals surface area (Å²) in [4.78, 5) is 0. The maximum absolute atomic E-state index is 13.0. The summed E-state index contributed by atoms with van der Waals surface area (Å²) < 4.78 is 39.1. The van der Waals surface area contributed by atoms with E-state index in [4.69, 9.17) is 5.73 Å². The van der Waals surface area contributed by atoms with Crippen molar-refractivity contribution in [2.45, 2.75) is 63.4 Å². The molecule has 1 unspecified atom stereocenters. The third kappa shape index (κ3) is 2.97. The van der Waals surface area contributed by atoms with Crippen LogP contribution in [0.5, 0.6) is 0 Å². The van der Waals surface area contributed by atoms with E-state index < -0.39 is 35.3 Å². The second-order valence-corrected chi connectivity index (χ2v) is 6.62. The predicted octanol–water partition coefficient (Wildman–Crippen LogP) is 1.80. The van der Waals surface area contributed by atoms with Gasteiger partial charge in [-0.25, -0.2) is 0 Å². The molecule has 0 aromatic heterocycles. The van der Waals surface area contributed by atoms with Crippen molar-refractivity contribution in [3.05, 3.63) is 0 Å². The zero-order valence-electron chi connectivity index (χ0n) is 11.4. The Morgan fingerprint density at radius 2 is 1.56 bits per heavy atom. The average molecular weight is 268 g/mol. The van der Waals surface area contributed by atoms with Crippen LogP contribution in [0.15, 0.2) is 0 Å². The second kappa shape index (κ2) is 4.35. The van der Waals surface area contributed by atoms with Crippen LogP contribution in [0, 0.1) is 5.92 Å². The van der Waals surface area contributed by atoms with Crippen molar-refractivity contribution < 1.29 is 18.3 Å². The molecule has 1 atom stereocenters. The second-order valence-electron chi connectivity index (χ2n) is 6.62. The van der Waals surface area contributed by atoms with Crippen molar-refractivity contribution in [2.75, 3.05) is 6.54 Å². The van der Waals surface area contributed by atoms with Crippen LogP contribution in [0.25, 0.3) is 0 Å². The first kappa shape index (κ1) is 15.7. The summed E-state index contributed by atoms with van der Waals surface area (Å²) in [6.45, 7) is 6.57. The van der Waals surface area contributed by atoms with Crippen molar-refractivity contribution >= 4 is 0 Å². The molecule has 6 heteroatoms. The highest BCUT2D eigenvalue weighted by atomic mass is 19.4. The van der Waals surface area contributed by atoms with Gasteiger partial charge in [0, 0.05) is 23.5 Å². The molecule has 0 bridgehead atoms. The monoisotopic (exact) mass is 268 g/mol. The van der Waals surface area contributed by atoms with Gasteiger partial charge in [-0.3, -0.25) is 0 Å². The molecule has 1 aliphatic rings. The fourth-order valence-electron chi connectivity index (χ4n) is 3.17. The van der Waals surface area contributed by atoms with E-state index in [1.807, 2.05) is 27.7 Å². The van der Waals surface area contributed by atoms with Crippen molar-refractivity contribution in [3.8, 4) is 0 Å². The molecule has 0 spiro atoms. The molecule has 1 fully saturated rings. The van der Waals surface area contributed by atoms with Crippen LogP contribution in [0.1, 0.15) is 40.5 Å². The van der Waals surface area contributed by atoms with E-state index in [1.165, 1.54) is 0 Å². The Bertz CT molecular complexity index is 299. The van der Waals surface area contributed by atoms with E-state index in [1.54, 1.807) is 0 Å². The van der Waals surface area contributed by atoms with E-state index >= 15 is 0 Å². The number of aliphatic hydroxyl groups is 1. The number of rotatable bonds is 2. The molecular weight excluding hydrogens is 245 g/mol. The van der Waals surface area contributed by atoms with Crippen molar-refractivity contribution in [3.63, 3.8) is 0 Å². The molecule has 1 aliphatic heterocycles. The number of piperidine rings is 1. The number of hydrogen-bond donors (Lipinski definition) is 3. The Hall–Kier alpha value is -0.330. The van der Waals surface area contributed by atoms with Gasteiger partial charge in [0.15, 0.2) is 5.60 Å². The lowest BCUT2D eigenvalue weighted by molar-refractivity contribution is -0.282. The van der Waals surface area contributed by atoms with E-state index in [2.05, 4.69) is 5.32 Å². The Balaban J connectivity index is 3.07. The van der Waals surface area contributed by atoms with Crippen molar-refractivity contribution in [1.82, 2.24) is 5.32 Å². The van der Waals surface area contributed by atoms with E-state index in [0.29, 0.717) is 0 Å². The van der Waals surface area contributed by atoms with Gasteiger partial charge in [0.05, 0.1) is 0 Å². The van der Waals surface area contributed by atoms with Gasteiger partial charge < -0.3 is 16.2 Å². The lowest BCUT2D eigenvalue weighted by Crippen LogP contribution is -2.66. The van der Waals surface area contributed by atoms with Crippen molar-refractivity contribution in [1.29, 1.82) is 0 Å². The van der Waals surface area contributed by atoms with E-state index in [9.17, 15) is 18.3 Å². The molecule has 0 saturated carbocycles. The topological polar surface area (TPSA) is 58.3 Å². The predicted molar refractivity (Wildman–Crippen MR) is 64.1 cm³/mol. The molecule has 0 radical (unpaired) electrons. The van der Waals surface area contributed by atoms with Gasteiger partial charge in [-0.05, 0) is 40.5 Å². The molecule has 0 aromatic carbocycles. The molecular formula is C12H23F3N2O. The third-order valence-corrected chi connectivity index (χ3v) is 3.67. The minimum absolute atomic E-state index is 0.240. The summed E-state index contributed by atoms with van der Waals surface area (Å²) >= 11 is 0. The quantitative estimate of drug-likeness (QED) is 0.715. The summed E-state index contributed by atoms with van der Waals surface area (Å²) in [5.74, 6) is -0.895. The highest BCUT2D eigenvalue weighted by Gasteiger charge is 2.60. The summed E-state index contributed by atoms with van der Waals surface area (Å²) in [7, 11) is 0. The minimum Gasteiger partial charge on any atom is -0.379 e. The molecule has 0 aliphatic carbocycles. The van der Waals surface area contributed by atoms with Gasteiger partial charge in [0.1, 0.15) is 0 Å². The maximum atomic E-state index is 13.0. The number of nitrogens with one attached hydrogen (secondary N) is 1. The first-order valence-electron chi connectivity index (χ1n) is 6.11. The van der Waals surface area contributed by atoms with Gasteiger partial charge in [-0.1, -0.05) is 0 Å². The molecule has 0 aromatic rings. The van der Waals surface area contributed by atoms with Gasteiger partial charge in [-0.15, -0.1) is 0 Å². The molecule has 3 nitrogen and oxygen atoms in total. The number of hydrogen-bond acceptors (Lipinski definition) is 3. The van der Waals surface area contributed by atoms with Gasteiger partial charge in [-0.2, -0.15) is 13.2 Å². The first-order valence-corrected chi connectivity index (χ1v) is 6.11. The van der Waals surface area contributed by atoms with E-state index in [-0.39, 0.29) is 12.8 Å². The lowest BCUT2D eigenvalue weighted by atomic mass is 9.68. The number of alkyl halides is 3. The first-order chi connectivity index (χ1) is 7.83. The Kier molecular flexibility index (Phi) is 3.80. The highest BCUT2D eigenvalue weighted by molar-refractivity contribution is 5.05. The summed E-state index contributed by atoms with van der Waals surface area (Å²) in [6, 6.07) is 0. The van der Waals surface area contributed by atoms with Crippen LogP contribution in [0.2, 0.25) is 0 Å². The zero-order valence-corrected chi connectivity index (χ0v) is 11.4. The van der Waals surface area contributed by atoms with Gasteiger partial charge >= 0.3 is 6.18 Å². The van der Waals surface area contributed by atoms with Crippen LogP contribution < -0.4 is 11.1 Å². The Labute approximate surface area is 106 Å². The molecule has 108 valence electrons. The standard InChI is InChI=1S/C12H23F3N2O/c1-9(2)5-8(6-10(3,4)17-9)11(18,7-16)12(13,14)15/h8,17-18H,5-7,16H2,1-4H3. The molecule has 0 amide bonds. The Morgan fingerprint density at radius 3 is 1.83 bits per heavy atom. The van der Waals surface area contributed by atoms with Gasteiger partial charge in [0.25, 0.3) is 0 Å². The Morgan fingerprint density at radius 1 is 1.17 bits per heavy atom. The maximum Gasteiger partial charge on any atom is 0.418 e. The summed E-state index contributed by atoms with van der Waals surface area (Å²) in [5, 5.41) is 13.3. The van der Waals surface area contributed by atoms with Crippen LogP contribution >= 0.6 is 0 Å². The van der Waals surface area contributed by atoms with Crippen LogP contribution in [-0.4, -0.2) is 34.5 Å². The fourth-order valence-corrected chi connectivity index (χ4v) is 3.17. The van der Waals surface area contributed by atoms with E-state index in [0.717, 1.165) is 0 Å².